The molecule has 2 amide bonds. The van der Waals surface area contributed by atoms with Gasteiger partial charge in [-0.25, -0.2) is 0 Å². The fraction of sp³-hybridized carbons (Fsp3) is 0.286. The van der Waals surface area contributed by atoms with Crippen LogP contribution in [0.25, 0.3) is 0 Å². The van der Waals surface area contributed by atoms with Crippen molar-refractivity contribution in [3.8, 4) is 0 Å². The van der Waals surface area contributed by atoms with Crippen molar-refractivity contribution in [3.05, 3.63) is 35.9 Å². The molecule has 4 heteroatoms. The number of amides is 2. The van der Waals surface area contributed by atoms with Crippen LogP contribution in [0.3, 0.4) is 0 Å². The normalized spacial score (nSPS) is 15.1. The van der Waals surface area contributed by atoms with E-state index in [0.29, 0.717) is 11.3 Å². The summed E-state index contributed by atoms with van der Waals surface area (Å²) in [5.74, 6) is -0.273. The highest BCUT2D eigenvalue weighted by Gasteiger charge is 2.26. The molecule has 0 aromatic heterocycles. The lowest BCUT2D eigenvalue weighted by Gasteiger charge is -2.29. The first-order chi connectivity index (χ1) is 8.63. The fourth-order valence-electron chi connectivity index (χ4n) is 2.02. The van der Waals surface area contributed by atoms with E-state index >= 15 is 0 Å². The minimum atomic E-state index is -0.161. The van der Waals surface area contributed by atoms with Gasteiger partial charge in [0.15, 0.2) is 0 Å². The number of nitrogens with zero attached hydrogens (tertiary/aromatic N) is 1. The Morgan fingerprint density at radius 2 is 2.17 bits per heavy atom. The Morgan fingerprint density at radius 3 is 2.89 bits per heavy atom. The van der Waals surface area contributed by atoms with Crippen molar-refractivity contribution in [1.82, 2.24) is 0 Å². The van der Waals surface area contributed by atoms with Gasteiger partial charge in [0.25, 0.3) is 5.91 Å². The first-order valence-electron chi connectivity index (χ1n) is 6.01. The molecular weight excluding hydrogens is 228 g/mol. The minimum absolute atomic E-state index is 0.0741. The molecule has 0 saturated carbocycles. The molecule has 1 aliphatic heterocycles. The predicted molar refractivity (Wildman–Crippen MR) is 71.5 cm³/mol. The van der Waals surface area contributed by atoms with Gasteiger partial charge in [-0.2, -0.15) is 0 Å². The van der Waals surface area contributed by atoms with E-state index in [1.165, 1.54) is 4.90 Å². The SMILES string of the molecule is CCC=C(C)C(=O)N1CC(=O)Nc2ccccc21. The molecule has 0 saturated heterocycles. The third kappa shape index (κ3) is 2.27. The first kappa shape index (κ1) is 12.4. The van der Waals surface area contributed by atoms with Gasteiger partial charge >= 0.3 is 0 Å². The van der Waals surface area contributed by atoms with Crippen molar-refractivity contribution in [2.45, 2.75) is 20.3 Å². The van der Waals surface area contributed by atoms with Gasteiger partial charge in [0.1, 0.15) is 6.54 Å². The maximum absolute atomic E-state index is 12.3. The predicted octanol–water partition coefficient (Wildman–Crippen LogP) is 2.33. The molecule has 18 heavy (non-hydrogen) atoms. The van der Waals surface area contributed by atoms with Gasteiger partial charge in [-0.3, -0.25) is 14.5 Å². The number of fused-ring (bicyclic) bond motifs is 1. The van der Waals surface area contributed by atoms with Crippen LogP contribution in [0.15, 0.2) is 35.9 Å². The van der Waals surface area contributed by atoms with E-state index < -0.39 is 0 Å². The van der Waals surface area contributed by atoms with Crippen LogP contribution in [0.1, 0.15) is 20.3 Å². The summed E-state index contributed by atoms with van der Waals surface area (Å²) in [7, 11) is 0. The van der Waals surface area contributed by atoms with E-state index in [1.54, 1.807) is 13.0 Å². The maximum Gasteiger partial charge on any atom is 0.254 e. The Bertz CT molecular complexity index is 520. The lowest BCUT2D eigenvalue weighted by atomic mass is 10.1. The van der Waals surface area contributed by atoms with Crippen LogP contribution >= 0.6 is 0 Å². The number of hydrogen-bond donors (Lipinski definition) is 1. The second-order valence-electron chi connectivity index (χ2n) is 4.25. The molecule has 94 valence electrons. The number of benzene rings is 1. The molecule has 1 aliphatic rings. The summed E-state index contributed by atoms with van der Waals surface area (Å²) in [4.78, 5) is 25.4. The summed E-state index contributed by atoms with van der Waals surface area (Å²) in [5.41, 5.74) is 2.11. The van der Waals surface area contributed by atoms with E-state index in [1.807, 2.05) is 31.2 Å². The van der Waals surface area contributed by atoms with E-state index in [0.717, 1.165) is 12.1 Å². The molecule has 1 heterocycles. The number of nitrogens with one attached hydrogen (secondary N) is 1. The number of carbonyl (C=O) groups excluding carboxylic acids is 2. The number of anilines is 2. The van der Waals surface area contributed by atoms with Gasteiger partial charge in [-0.1, -0.05) is 25.1 Å². The summed E-state index contributed by atoms with van der Waals surface area (Å²) in [6.45, 7) is 3.83. The number of hydrogen-bond acceptors (Lipinski definition) is 2. The Hall–Kier alpha value is -2.10. The van der Waals surface area contributed by atoms with Gasteiger partial charge in [0.05, 0.1) is 11.4 Å². The van der Waals surface area contributed by atoms with Crippen molar-refractivity contribution in [2.75, 3.05) is 16.8 Å². The summed E-state index contributed by atoms with van der Waals surface area (Å²) in [6, 6.07) is 7.33. The quantitative estimate of drug-likeness (QED) is 0.812. The molecule has 0 radical (unpaired) electrons. The van der Waals surface area contributed by atoms with Gasteiger partial charge in [-0.05, 0) is 25.5 Å². The van der Waals surface area contributed by atoms with Gasteiger partial charge in [-0.15, -0.1) is 0 Å². The minimum Gasteiger partial charge on any atom is -0.323 e. The number of carbonyl (C=O) groups is 2. The molecule has 0 fully saturated rings. The summed E-state index contributed by atoms with van der Waals surface area (Å²) >= 11 is 0. The Labute approximate surface area is 106 Å². The fourth-order valence-corrected chi connectivity index (χ4v) is 2.02. The topological polar surface area (TPSA) is 49.4 Å². The van der Waals surface area contributed by atoms with E-state index in [4.69, 9.17) is 0 Å². The molecule has 0 spiro atoms. The first-order valence-corrected chi connectivity index (χ1v) is 6.01. The maximum atomic E-state index is 12.3. The zero-order chi connectivity index (χ0) is 13.1. The molecule has 1 aromatic rings. The zero-order valence-corrected chi connectivity index (χ0v) is 10.6. The van der Waals surface area contributed by atoms with Crippen molar-refractivity contribution in [1.29, 1.82) is 0 Å². The molecule has 0 atom stereocenters. The highest BCUT2D eigenvalue weighted by Crippen LogP contribution is 2.29. The molecule has 1 N–H and O–H groups in total. The molecule has 0 aliphatic carbocycles. The standard InChI is InChI=1S/C14H16N2O2/c1-3-6-10(2)14(18)16-9-13(17)15-11-7-4-5-8-12(11)16/h4-8H,3,9H2,1-2H3,(H,15,17). The third-order valence-electron chi connectivity index (χ3n) is 2.86. The van der Waals surface area contributed by atoms with Crippen molar-refractivity contribution in [3.63, 3.8) is 0 Å². The number of para-hydroxylation sites is 2. The number of rotatable bonds is 2. The van der Waals surface area contributed by atoms with Crippen LogP contribution in [0.4, 0.5) is 11.4 Å². The average Bonchev–Trinajstić information content (AvgIpc) is 2.37. The van der Waals surface area contributed by atoms with Gasteiger partial charge in [0.2, 0.25) is 5.91 Å². The van der Waals surface area contributed by atoms with Crippen LogP contribution < -0.4 is 10.2 Å². The zero-order valence-electron chi connectivity index (χ0n) is 10.6. The van der Waals surface area contributed by atoms with Crippen LogP contribution in [-0.4, -0.2) is 18.4 Å². The Balaban J connectivity index is 2.37. The van der Waals surface area contributed by atoms with Crippen LogP contribution in [0.2, 0.25) is 0 Å². The smallest absolute Gasteiger partial charge is 0.254 e. The van der Waals surface area contributed by atoms with Crippen molar-refractivity contribution >= 4 is 23.2 Å². The van der Waals surface area contributed by atoms with E-state index in [9.17, 15) is 9.59 Å². The van der Waals surface area contributed by atoms with Crippen molar-refractivity contribution < 1.29 is 9.59 Å². The highest BCUT2D eigenvalue weighted by atomic mass is 16.2. The molecule has 1 aromatic carbocycles. The van der Waals surface area contributed by atoms with Crippen molar-refractivity contribution in [2.24, 2.45) is 0 Å². The van der Waals surface area contributed by atoms with Crippen LogP contribution in [0.5, 0.6) is 0 Å². The Morgan fingerprint density at radius 1 is 1.44 bits per heavy atom. The van der Waals surface area contributed by atoms with Crippen LogP contribution in [-0.2, 0) is 9.59 Å². The number of allylic oxidation sites excluding steroid dienone is 1. The molecule has 4 nitrogen and oxygen atoms in total. The van der Waals surface area contributed by atoms with Crippen LogP contribution in [0, 0.1) is 0 Å². The summed E-state index contributed by atoms with van der Waals surface area (Å²) in [5, 5.41) is 2.76. The Kier molecular flexibility index (Phi) is 3.46. The highest BCUT2D eigenvalue weighted by molar-refractivity contribution is 6.14. The average molecular weight is 244 g/mol. The monoisotopic (exact) mass is 244 g/mol. The molecule has 2 rings (SSSR count). The lowest BCUT2D eigenvalue weighted by Crippen LogP contribution is -2.42. The largest absolute Gasteiger partial charge is 0.323 e. The lowest BCUT2D eigenvalue weighted by molar-refractivity contribution is -0.119. The molecular formula is C14H16N2O2. The molecule has 0 bridgehead atoms. The van der Waals surface area contributed by atoms with Gasteiger partial charge in [0, 0.05) is 5.57 Å². The third-order valence-corrected chi connectivity index (χ3v) is 2.86. The molecule has 0 unspecified atom stereocenters. The van der Waals surface area contributed by atoms with E-state index in [2.05, 4.69) is 5.32 Å². The van der Waals surface area contributed by atoms with Gasteiger partial charge < -0.3 is 5.32 Å². The van der Waals surface area contributed by atoms with E-state index in [-0.39, 0.29) is 18.4 Å². The second kappa shape index (κ2) is 5.04. The second-order valence-corrected chi connectivity index (χ2v) is 4.25. The summed E-state index contributed by atoms with van der Waals surface area (Å²) < 4.78 is 0. The summed E-state index contributed by atoms with van der Waals surface area (Å²) in [6.07, 6.45) is 2.68.